The average Bonchev–Trinajstić information content (AvgIpc) is 2.52. The molecule has 1 aromatic carbocycles. The number of carbonyl (C=O) groups excluding carboxylic acids is 2. The molecule has 0 N–H and O–H groups in total. The van der Waals surface area contributed by atoms with E-state index < -0.39 is 18.2 Å². The predicted octanol–water partition coefficient (Wildman–Crippen LogP) is 3.98. The first-order valence-electron chi connectivity index (χ1n) is 7.02. The average molecular weight is 327 g/mol. The number of esters is 1. The molecule has 0 fully saturated rings. The van der Waals surface area contributed by atoms with Gasteiger partial charge in [-0.2, -0.15) is 0 Å². The SMILES string of the molecule is C=C(Cl)C(=O)OC(CCCCC)OOC(=O)c1ccccc1. The Morgan fingerprint density at radius 2 is 1.91 bits per heavy atom. The van der Waals surface area contributed by atoms with Crippen LogP contribution in [0.1, 0.15) is 43.0 Å². The van der Waals surface area contributed by atoms with Gasteiger partial charge in [0, 0.05) is 6.42 Å². The Labute approximate surface area is 134 Å². The van der Waals surface area contributed by atoms with E-state index in [4.69, 9.17) is 26.1 Å². The number of hydrogen-bond donors (Lipinski definition) is 0. The zero-order valence-electron chi connectivity index (χ0n) is 12.4. The summed E-state index contributed by atoms with van der Waals surface area (Å²) < 4.78 is 4.97. The molecule has 0 aliphatic heterocycles. The van der Waals surface area contributed by atoms with Crippen LogP contribution in [0.4, 0.5) is 0 Å². The molecule has 0 saturated heterocycles. The molecule has 0 aliphatic rings. The largest absolute Gasteiger partial charge is 0.428 e. The Kier molecular flexibility index (Phi) is 8.25. The maximum Gasteiger partial charge on any atom is 0.373 e. The highest BCUT2D eigenvalue weighted by atomic mass is 35.5. The van der Waals surface area contributed by atoms with Crippen LogP contribution in [0.5, 0.6) is 0 Å². The van der Waals surface area contributed by atoms with Crippen molar-refractivity contribution in [3.8, 4) is 0 Å². The van der Waals surface area contributed by atoms with Gasteiger partial charge < -0.3 is 4.74 Å². The molecule has 0 amide bonds. The Bertz CT molecular complexity index is 501. The summed E-state index contributed by atoms with van der Waals surface area (Å²) in [5.41, 5.74) is 0.336. The number of rotatable bonds is 9. The van der Waals surface area contributed by atoms with Crippen molar-refractivity contribution in [2.45, 2.75) is 38.9 Å². The van der Waals surface area contributed by atoms with E-state index in [2.05, 4.69) is 6.58 Å². The van der Waals surface area contributed by atoms with Crippen molar-refractivity contribution >= 4 is 23.5 Å². The maximum atomic E-state index is 11.8. The van der Waals surface area contributed by atoms with Crippen LogP contribution in [-0.2, 0) is 19.3 Å². The van der Waals surface area contributed by atoms with E-state index in [1.165, 1.54) is 0 Å². The van der Waals surface area contributed by atoms with Crippen LogP contribution in [0.25, 0.3) is 0 Å². The zero-order chi connectivity index (χ0) is 16.4. The van der Waals surface area contributed by atoms with E-state index in [0.717, 1.165) is 19.3 Å². The molecule has 1 atom stereocenters. The number of carbonyl (C=O) groups is 2. The second kappa shape index (κ2) is 9.97. The minimum absolute atomic E-state index is 0.265. The highest BCUT2D eigenvalue weighted by Gasteiger charge is 2.19. The fourth-order valence-corrected chi connectivity index (χ4v) is 1.64. The van der Waals surface area contributed by atoms with Gasteiger partial charge in [-0.15, -0.1) is 4.89 Å². The Balaban J connectivity index is 2.53. The predicted molar refractivity (Wildman–Crippen MR) is 82.0 cm³/mol. The third kappa shape index (κ3) is 6.74. The second-order valence-electron chi connectivity index (χ2n) is 4.57. The van der Waals surface area contributed by atoms with Gasteiger partial charge in [-0.3, -0.25) is 4.89 Å². The van der Waals surface area contributed by atoms with E-state index in [0.29, 0.717) is 12.0 Å². The van der Waals surface area contributed by atoms with Gasteiger partial charge in [0.1, 0.15) is 5.03 Å². The molecule has 1 unspecified atom stereocenters. The second-order valence-corrected chi connectivity index (χ2v) is 5.02. The molecule has 1 aromatic rings. The van der Waals surface area contributed by atoms with Crippen LogP contribution in [0, 0.1) is 0 Å². The molecule has 120 valence electrons. The van der Waals surface area contributed by atoms with Gasteiger partial charge in [-0.25, -0.2) is 9.59 Å². The Morgan fingerprint density at radius 3 is 2.50 bits per heavy atom. The van der Waals surface area contributed by atoms with Gasteiger partial charge in [0.2, 0.25) is 6.29 Å². The Morgan fingerprint density at radius 1 is 1.23 bits per heavy atom. The zero-order valence-corrected chi connectivity index (χ0v) is 13.2. The van der Waals surface area contributed by atoms with Crippen LogP contribution in [-0.4, -0.2) is 18.2 Å². The van der Waals surface area contributed by atoms with Crippen molar-refractivity contribution < 1.29 is 24.1 Å². The van der Waals surface area contributed by atoms with Crippen molar-refractivity contribution in [1.29, 1.82) is 0 Å². The minimum atomic E-state index is -1.01. The van der Waals surface area contributed by atoms with Crippen LogP contribution in [0.3, 0.4) is 0 Å². The molecule has 22 heavy (non-hydrogen) atoms. The molecule has 0 saturated carbocycles. The lowest BCUT2D eigenvalue weighted by Gasteiger charge is -2.16. The molecule has 1 rings (SSSR count). The van der Waals surface area contributed by atoms with Crippen molar-refractivity contribution in [3.05, 3.63) is 47.5 Å². The van der Waals surface area contributed by atoms with Crippen molar-refractivity contribution in [3.63, 3.8) is 0 Å². The van der Waals surface area contributed by atoms with E-state index in [1.54, 1.807) is 30.3 Å². The first-order chi connectivity index (χ1) is 10.5. The van der Waals surface area contributed by atoms with Crippen molar-refractivity contribution in [2.75, 3.05) is 0 Å². The number of unbranched alkanes of at least 4 members (excludes halogenated alkanes) is 2. The molecule has 0 aromatic heterocycles. The highest BCUT2D eigenvalue weighted by Crippen LogP contribution is 2.13. The van der Waals surface area contributed by atoms with Crippen LogP contribution in [0.2, 0.25) is 0 Å². The molecule has 0 radical (unpaired) electrons. The minimum Gasteiger partial charge on any atom is -0.428 e. The fraction of sp³-hybridized carbons (Fsp3) is 0.375. The summed E-state index contributed by atoms with van der Waals surface area (Å²) >= 11 is 5.46. The van der Waals surface area contributed by atoms with Crippen LogP contribution < -0.4 is 0 Å². The van der Waals surface area contributed by atoms with Crippen LogP contribution >= 0.6 is 11.6 Å². The lowest BCUT2D eigenvalue weighted by atomic mass is 10.2. The molecule has 5 nitrogen and oxygen atoms in total. The van der Waals surface area contributed by atoms with Crippen LogP contribution in [0.15, 0.2) is 41.9 Å². The summed E-state index contributed by atoms with van der Waals surface area (Å²) in [6, 6.07) is 8.35. The number of halogens is 1. The third-order valence-corrected chi connectivity index (χ3v) is 2.90. The molecule has 6 heteroatoms. The van der Waals surface area contributed by atoms with Gasteiger partial charge in [0.15, 0.2) is 0 Å². The first-order valence-corrected chi connectivity index (χ1v) is 7.40. The first kappa shape index (κ1) is 18.2. The van der Waals surface area contributed by atoms with Gasteiger partial charge >= 0.3 is 11.9 Å². The number of benzene rings is 1. The monoisotopic (exact) mass is 326 g/mol. The lowest BCUT2D eigenvalue weighted by Crippen LogP contribution is -2.23. The van der Waals surface area contributed by atoms with Gasteiger partial charge in [-0.05, 0) is 18.6 Å². The normalized spacial score (nSPS) is 11.5. The lowest BCUT2D eigenvalue weighted by molar-refractivity contribution is -0.331. The fourth-order valence-electron chi connectivity index (χ4n) is 1.59. The molecule has 0 spiro atoms. The standard InChI is InChI=1S/C16H19ClO5/c1-3-4-6-11-14(20-15(18)12(2)17)21-22-16(19)13-9-7-5-8-10-13/h5,7-10,14H,2-4,6,11H2,1H3. The summed E-state index contributed by atoms with van der Waals surface area (Å²) in [6.07, 6.45) is 2.07. The summed E-state index contributed by atoms with van der Waals surface area (Å²) in [5.74, 6) is -1.47. The van der Waals surface area contributed by atoms with E-state index in [-0.39, 0.29) is 5.03 Å². The van der Waals surface area contributed by atoms with E-state index in [9.17, 15) is 9.59 Å². The molecular formula is C16H19ClO5. The van der Waals surface area contributed by atoms with E-state index >= 15 is 0 Å². The smallest absolute Gasteiger partial charge is 0.373 e. The molecule has 0 bridgehead atoms. The molecule has 0 heterocycles. The maximum absolute atomic E-state index is 11.8. The number of hydrogen-bond acceptors (Lipinski definition) is 5. The summed E-state index contributed by atoms with van der Waals surface area (Å²) in [4.78, 5) is 32.8. The molecular weight excluding hydrogens is 308 g/mol. The van der Waals surface area contributed by atoms with Gasteiger partial charge in [0.05, 0.1) is 5.56 Å². The van der Waals surface area contributed by atoms with Crippen molar-refractivity contribution in [1.82, 2.24) is 0 Å². The van der Waals surface area contributed by atoms with Crippen molar-refractivity contribution in [2.24, 2.45) is 0 Å². The highest BCUT2D eigenvalue weighted by molar-refractivity contribution is 6.40. The van der Waals surface area contributed by atoms with Gasteiger partial charge in [-0.1, -0.05) is 56.1 Å². The Hall–Kier alpha value is -1.85. The van der Waals surface area contributed by atoms with Gasteiger partial charge in [0.25, 0.3) is 0 Å². The number of ether oxygens (including phenoxy) is 1. The van der Waals surface area contributed by atoms with E-state index in [1.807, 2.05) is 6.92 Å². The topological polar surface area (TPSA) is 61.8 Å². The summed E-state index contributed by atoms with van der Waals surface area (Å²) in [6.45, 7) is 5.31. The summed E-state index contributed by atoms with van der Waals surface area (Å²) in [7, 11) is 0. The summed E-state index contributed by atoms with van der Waals surface area (Å²) in [5, 5.41) is -0.265. The molecule has 0 aliphatic carbocycles. The quantitative estimate of drug-likeness (QED) is 0.171. The third-order valence-electron chi connectivity index (χ3n) is 2.74.